The molecule has 1 N–H and O–H groups in total. The number of halogens is 1. The summed E-state index contributed by atoms with van der Waals surface area (Å²) in [6.07, 6.45) is 5.92. The summed E-state index contributed by atoms with van der Waals surface area (Å²) in [4.78, 5) is 29.5. The summed E-state index contributed by atoms with van der Waals surface area (Å²) in [7, 11) is -3.58. The third-order valence-electron chi connectivity index (χ3n) is 8.20. The summed E-state index contributed by atoms with van der Waals surface area (Å²) in [5, 5.41) is 3.73. The molecule has 1 unspecified atom stereocenters. The second-order valence-electron chi connectivity index (χ2n) is 11.5. The van der Waals surface area contributed by atoms with Crippen molar-refractivity contribution in [1.82, 2.24) is 10.2 Å². The highest BCUT2D eigenvalue weighted by Gasteiger charge is 2.32. The van der Waals surface area contributed by atoms with E-state index in [0.717, 1.165) is 47.9 Å². The van der Waals surface area contributed by atoms with E-state index in [9.17, 15) is 18.0 Å². The number of aryl methyl sites for hydroxylation is 2. The van der Waals surface area contributed by atoms with Crippen molar-refractivity contribution in [2.24, 2.45) is 0 Å². The van der Waals surface area contributed by atoms with E-state index in [0.29, 0.717) is 23.6 Å². The number of anilines is 1. The van der Waals surface area contributed by atoms with Crippen molar-refractivity contribution in [3.8, 4) is 0 Å². The molecule has 1 saturated carbocycles. The smallest absolute Gasteiger partial charge is 0.243 e. The lowest BCUT2D eigenvalue weighted by atomic mass is 10.0. The van der Waals surface area contributed by atoms with Crippen LogP contribution in [0, 0.1) is 13.8 Å². The van der Waals surface area contributed by atoms with Crippen molar-refractivity contribution in [2.75, 3.05) is 17.1 Å². The standard InChI is InChI=1S/C34H42ClN3O4S/c1-25-19-20-30(22-26(25)2)38(43(3,41)42)21-11-18-33(39)37(24-28-14-7-10-17-31(28)35)32(23-27-12-5-4-6-13-27)34(40)36-29-15-8-9-16-29/h4-7,10,12-14,17,19-20,22,29,32H,8-9,11,15-16,18,21,23-24H2,1-3H3,(H,36,40). The maximum absolute atomic E-state index is 14.0. The van der Waals surface area contributed by atoms with Gasteiger partial charge in [-0.3, -0.25) is 13.9 Å². The van der Waals surface area contributed by atoms with Crippen LogP contribution < -0.4 is 9.62 Å². The molecule has 4 rings (SSSR count). The predicted molar refractivity (Wildman–Crippen MR) is 174 cm³/mol. The van der Waals surface area contributed by atoms with Gasteiger partial charge in [-0.1, -0.05) is 79.0 Å². The first-order valence-electron chi connectivity index (χ1n) is 14.9. The number of rotatable bonds is 13. The van der Waals surface area contributed by atoms with Gasteiger partial charge in [0.1, 0.15) is 6.04 Å². The van der Waals surface area contributed by atoms with E-state index in [2.05, 4.69) is 5.32 Å². The highest BCUT2D eigenvalue weighted by molar-refractivity contribution is 7.92. The molecule has 0 bridgehead atoms. The van der Waals surface area contributed by atoms with Crippen molar-refractivity contribution in [1.29, 1.82) is 0 Å². The van der Waals surface area contributed by atoms with Crippen LogP contribution in [0.2, 0.25) is 5.02 Å². The zero-order chi connectivity index (χ0) is 31.0. The van der Waals surface area contributed by atoms with Crippen LogP contribution in [-0.4, -0.2) is 50.0 Å². The number of hydrogen-bond donors (Lipinski definition) is 1. The topological polar surface area (TPSA) is 86.8 Å². The lowest BCUT2D eigenvalue weighted by molar-refractivity contribution is -0.141. The fourth-order valence-corrected chi connectivity index (χ4v) is 6.77. The van der Waals surface area contributed by atoms with Crippen molar-refractivity contribution >= 4 is 39.1 Å². The molecule has 0 spiro atoms. The maximum Gasteiger partial charge on any atom is 0.243 e. The van der Waals surface area contributed by atoms with Gasteiger partial charge in [0.15, 0.2) is 0 Å². The molecule has 1 atom stereocenters. The predicted octanol–water partition coefficient (Wildman–Crippen LogP) is 6.20. The number of carbonyl (C=O) groups is 2. The number of carbonyl (C=O) groups excluding carboxylic acids is 2. The van der Waals surface area contributed by atoms with Crippen molar-refractivity contribution < 1.29 is 18.0 Å². The Labute approximate surface area is 261 Å². The molecule has 1 aliphatic carbocycles. The molecule has 2 amide bonds. The summed E-state index contributed by atoms with van der Waals surface area (Å²) in [6, 6.07) is 21.9. The normalized spacial score (nSPS) is 14.3. The summed E-state index contributed by atoms with van der Waals surface area (Å²) >= 11 is 6.53. The van der Waals surface area contributed by atoms with E-state index in [1.807, 2.05) is 74.5 Å². The number of hydrogen-bond acceptors (Lipinski definition) is 4. The number of benzene rings is 3. The minimum absolute atomic E-state index is 0.0727. The van der Waals surface area contributed by atoms with Gasteiger partial charge in [0.05, 0.1) is 11.9 Å². The van der Waals surface area contributed by atoms with Crippen LogP contribution in [0.3, 0.4) is 0 Å². The van der Waals surface area contributed by atoms with Crippen molar-refractivity contribution in [3.05, 3.63) is 100 Å². The average molecular weight is 624 g/mol. The Kier molecular flexibility index (Phi) is 11.3. The molecule has 0 saturated heterocycles. The SMILES string of the molecule is Cc1ccc(N(CCCC(=O)N(Cc2ccccc2Cl)C(Cc2ccccc2)C(=O)NC2CCCC2)S(C)(=O)=O)cc1C. The fourth-order valence-electron chi connectivity index (χ4n) is 5.62. The van der Waals surface area contributed by atoms with Gasteiger partial charge >= 0.3 is 0 Å². The van der Waals surface area contributed by atoms with E-state index in [1.165, 1.54) is 10.6 Å². The van der Waals surface area contributed by atoms with Gasteiger partial charge in [-0.2, -0.15) is 0 Å². The summed E-state index contributed by atoms with van der Waals surface area (Å²) in [6.45, 7) is 4.23. The van der Waals surface area contributed by atoms with Gasteiger partial charge in [0, 0.05) is 37.0 Å². The summed E-state index contributed by atoms with van der Waals surface area (Å²) in [5.74, 6) is -0.403. The van der Waals surface area contributed by atoms with Gasteiger partial charge in [0.25, 0.3) is 0 Å². The quantitative estimate of drug-likeness (QED) is 0.246. The molecule has 1 fully saturated rings. The Balaban J connectivity index is 1.59. The van der Waals surface area contributed by atoms with E-state index < -0.39 is 16.1 Å². The number of nitrogens with one attached hydrogen (secondary N) is 1. The molecule has 3 aromatic rings. The molecule has 0 radical (unpaired) electrons. The third kappa shape index (κ3) is 9.07. The van der Waals surface area contributed by atoms with Crippen LogP contribution in [-0.2, 0) is 32.6 Å². The Morgan fingerprint density at radius 3 is 2.28 bits per heavy atom. The fraction of sp³-hybridized carbons (Fsp3) is 0.412. The van der Waals surface area contributed by atoms with Crippen LogP contribution in [0.15, 0.2) is 72.8 Å². The van der Waals surface area contributed by atoms with Crippen LogP contribution >= 0.6 is 11.6 Å². The molecule has 3 aromatic carbocycles. The monoisotopic (exact) mass is 623 g/mol. The molecular formula is C34H42ClN3O4S. The molecule has 1 aliphatic rings. The molecule has 7 nitrogen and oxygen atoms in total. The van der Waals surface area contributed by atoms with E-state index in [-0.39, 0.29) is 37.4 Å². The van der Waals surface area contributed by atoms with Gasteiger partial charge in [0.2, 0.25) is 21.8 Å². The largest absolute Gasteiger partial charge is 0.352 e. The second kappa shape index (κ2) is 14.9. The minimum Gasteiger partial charge on any atom is -0.352 e. The molecular weight excluding hydrogens is 582 g/mol. The first kappa shape index (κ1) is 32.6. The number of amides is 2. The Hall–Kier alpha value is -3.36. The highest BCUT2D eigenvalue weighted by Crippen LogP contribution is 2.25. The van der Waals surface area contributed by atoms with Crippen molar-refractivity contribution in [2.45, 2.75) is 77.4 Å². The highest BCUT2D eigenvalue weighted by atomic mass is 35.5. The number of sulfonamides is 1. The lowest BCUT2D eigenvalue weighted by Crippen LogP contribution is -2.52. The molecule has 0 aromatic heterocycles. The van der Waals surface area contributed by atoms with Crippen LogP contribution in [0.25, 0.3) is 0 Å². The lowest BCUT2D eigenvalue weighted by Gasteiger charge is -2.33. The van der Waals surface area contributed by atoms with E-state index in [1.54, 1.807) is 17.0 Å². The molecule has 0 aliphatic heterocycles. The van der Waals surface area contributed by atoms with Crippen LogP contribution in [0.4, 0.5) is 5.69 Å². The Bertz CT molecular complexity index is 1510. The van der Waals surface area contributed by atoms with Gasteiger partial charge in [-0.15, -0.1) is 0 Å². The minimum atomic E-state index is -3.58. The Morgan fingerprint density at radius 1 is 0.953 bits per heavy atom. The van der Waals surface area contributed by atoms with E-state index >= 15 is 0 Å². The zero-order valence-electron chi connectivity index (χ0n) is 25.3. The summed E-state index contributed by atoms with van der Waals surface area (Å²) < 4.78 is 26.8. The second-order valence-corrected chi connectivity index (χ2v) is 13.8. The molecule has 0 heterocycles. The van der Waals surface area contributed by atoms with Gasteiger partial charge < -0.3 is 10.2 Å². The number of nitrogens with zero attached hydrogens (tertiary/aromatic N) is 2. The maximum atomic E-state index is 14.0. The first-order valence-corrected chi connectivity index (χ1v) is 17.2. The zero-order valence-corrected chi connectivity index (χ0v) is 26.8. The van der Waals surface area contributed by atoms with Crippen LogP contribution in [0.5, 0.6) is 0 Å². The average Bonchev–Trinajstić information content (AvgIpc) is 3.48. The Morgan fingerprint density at radius 2 is 1.63 bits per heavy atom. The molecule has 43 heavy (non-hydrogen) atoms. The summed E-state index contributed by atoms with van der Waals surface area (Å²) in [5.41, 5.74) is 4.33. The van der Waals surface area contributed by atoms with Crippen molar-refractivity contribution in [3.63, 3.8) is 0 Å². The molecule has 230 valence electrons. The van der Waals surface area contributed by atoms with Crippen LogP contribution in [0.1, 0.15) is 60.8 Å². The van der Waals surface area contributed by atoms with Gasteiger partial charge in [-0.05, 0) is 73.6 Å². The third-order valence-corrected chi connectivity index (χ3v) is 9.76. The van der Waals surface area contributed by atoms with Gasteiger partial charge in [-0.25, -0.2) is 8.42 Å². The molecule has 9 heteroatoms. The first-order chi connectivity index (χ1) is 20.5. The van der Waals surface area contributed by atoms with E-state index in [4.69, 9.17) is 11.6 Å².